The van der Waals surface area contributed by atoms with E-state index in [9.17, 15) is 41.9 Å². The maximum absolute atomic E-state index is 14.5. The summed E-state index contributed by atoms with van der Waals surface area (Å²) < 4.78 is 40.4. The number of hydrogen-bond donors (Lipinski definition) is 4. The van der Waals surface area contributed by atoms with Crippen LogP contribution in [0, 0.1) is 23.2 Å². The topological polar surface area (TPSA) is 194 Å². The van der Waals surface area contributed by atoms with Crippen LogP contribution in [0.25, 0.3) is 0 Å². The summed E-state index contributed by atoms with van der Waals surface area (Å²) in [6.07, 6.45) is 6.39. The van der Waals surface area contributed by atoms with E-state index in [-0.39, 0.29) is 37.0 Å². The fourth-order valence-electron chi connectivity index (χ4n) is 7.81. The van der Waals surface area contributed by atoms with Gasteiger partial charge in [-0.25, -0.2) is 4.98 Å². The second kappa shape index (κ2) is 17.3. The lowest BCUT2D eigenvalue weighted by atomic mass is 9.80. The number of likely N-dealkylation sites (tertiary alicyclic amines) is 1. The van der Waals surface area contributed by atoms with Crippen molar-refractivity contribution < 1.29 is 41.9 Å². The third kappa shape index (κ3) is 10.3. The zero-order valence-electron chi connectivity index (χ0n) is 31.4. The number of carbonyl (C=O) groups excluding carboxylic acids is 6. The van der Waals surface area contributed by atoms with Gasteiger partial charge in [0.2, 0.25) is 23.5 Å². The first-order valence-electron chi connectivity index (χ1n) is 18.9. The highest BCUT2D eigenvalue weighted by atomic mass is 19.4. The van der Waals surface area contributed by atoms with Crippen LogP contribution in [0.5, 0.6) is 0 Å². The quantitative estimate of drug-likeness (QED) is 0.222. The van der Waals surface area contributed by atoms with Crippen molar-refractivity contribution in [2.75, 3.05) is 13.1 Å². The third-order valence-corrected chi connectivity index (χ3v) is 11.2. The monoisotopic (exact) mass is 769 g/mol. The van der Waals surface area contributed by atoms with Gasteiger partial charge in [0.1, 0.15) is 17.8 Å². The number of aromatic nitrogens is 2. The number of primary amides is 1. The number of alkyl halides is 3. The third-order valence-electron chi connectivity index (χ3n) is 11.2. The maximum Gasteiger partial charge on any atom is 0.416 e. The van der Waals surface area contributed by atoms with Gasteiger partial charge >= 0.3 is 6.18 Å². The van der Waals surface area contributed by atoms with E-state index in [0.717, 1.165) is 50.7 Å². The molecule has 1 aromatic heterocycles. The Bertz CT molecular complexity index is 1720. The predicted octanol–water partition coefficient (Wildman–Crippen LogP) is 3.68. The molecule has 2 saturated carbocycles. The molecule has 298 valence electrons. The van der Waals surface area contributed by atoms with Crippen molar-refractivity contribution in [1.29, 1.82) is 0 Å². The molecule has 2 heterocycles. The van der Waals surface area contributed by atoms with Gasteiger partial charge < -0.3 is 26.6 Å². The molecule has 3 unspecified atom stereocenters. The first kappa shape index (κ1) is 41.3. The van der Waals surface area contributed by atoms with Crippen molar-refractivity contribution >= 4 is 35.3 Å². The van der Waals surface area contributed by atoms with Crippen LogP contribution in [0.15, 0.2) is 42.9 Å². The van der Waals surface area contributed by atoms with Gasteiger partial charge in [-0.05, 0) is 54.2 Å². The second-order valence-electron chi connectivity index (χ2n) is 16.1. The van der Waals surface area contributed by atoms with Gasteiger partial charge in [0, 0.05) is 31.4 Å². The van der Waals surface area contributed by atoms with Crippen molar-refractivity contribution in [3.63, 3.8) is 0 Å². The molecule has 0 spiro atoms. The lowest BCUT2D eigenvalue weighted by molar-refractivity contribution is -0.140. The molecule has 5 amide bonds. The van der Waals surface area contributed by atoms with Crippen molar-refractivity contribution in [2.45, 2.75) is 109 Å². The van der Waals surface area contributed by atoms with Crippen LogP contribution in [0.3, 0.4) is 0 Å². The largest absolute Gasteiger partial charge is 0.416 e. The van der Waals surface area contributed by atoms with Gasteiger partial charge in [0.05, 0.1) is 23.7 Å². The summed E-state index contributed by atoms with van der Waals surface area (Å²) in [7, 11) is 0. The minimum Gasteiger partial charge on any atom is -0.363 e. The average Bonchev–Trinajstić information content (AvgIpc) is 3.59. The molecular formula is C39H50F3N7O6. The number of hydrogen-bond acceptors (Lipinski definition) is 8. The Morgan fingerprint density at radius 1 is 0.873 bits per heavy atom. The lowest BCUT2D eigenvalue weighted by Crippen LogP contribution is -2.60. The highest BCUT2D eigenvalue weighted by Gasteiger charge is 2.46. The van der Waals surface area contributed by atoms with Gasteiger partial charge in [0.25, 0.3) is 11.8 Å². The molecule has 3 fully saturated rings. The van der Waals surface area contributed by atoms with Gasteiger partial charge in [-0.3, -0.25) is 33.8 Å². The van der Waals surface area contributed by atoms with Gasteiger partial charge in [-0.1, -0.05) is 71.4 Å². The van der Waals surface area contributed by atoms with Crippen molar-refractivity contribution in [3.8, 4) is 0 Å². The number of nitrogens with two attached hydrogens (primary N) is 1. The minimum atomic E-state index is -4.60. The molecule has 1 aromatic carbocycles. The van der Waals surface area contributed by atoms with E-state index < -0.39 is 82.4 Å². The Kier molecular flexibility index (Phi) is 13.0. The van der Waals surface area contributed by atoms with Crippen LogP contribution in [0.1, 0.15) is 106 Å². The zero-order chi connectivity index (χ0) is 40.1. The minimum absolute atomic E-state index is 0.0303. The molecule has 5 atom stereocenters. The lowest BCUT2D eigenvalue weighted by Gasteiger charge is -2.36. The first-order chi connectivity index (χ1) is 25.9. The maximum atomic E-state index is 14.5. The van der Waals surface area contributed by atoms with Crippen molar-refractivity contribution in [1.82, 2.24) is 30.8 Å². The number of amides is 5. The molecule has 3 aliphatic rings. The fourth-order valence-corrected chi connectivity index (χ4v) is 7.81. The Hall–Kier alpha value is -4.89. The van der Waals surface area contributed by atoms with Gasteiger partial charge in [0.15, 0.2) is 0 Å². The van der Waals surface area contributed by atoms with E-state index in [0.29, 0.717) is 18.4 Å². The summed E-state index contributed by atoms with van der Waals surface area (Å²) in [5.74, 6) is -6.40. The van der Waals surface area contributed by atoms with Crippen molar-refractivity contribution in [2.24, 2.45) is 28.9 Å². The smallest absolute Gasteiger partial charge is 0.363 e. The first-order valence-corrected chi connectivity index (χ1v) is 18.9. The number of benzene rings is 1. The van der Waals surface area contributed by atoms with Crippen molar-refractivity contribution in [3.05, 3.63) is 59.7 Å². The van der Waals surface area contributed by atoms with Crippen LogP contribution in [0.4, 0.5) is 13.2 Å². The number of nitrogens with zero attached hydrogens (tertiary/aromatic N) is 3. The summed E-state index contributed by atoms with van der Waals surface area (Å²) in [6, 6.07) is 1.02. The zero-order valence-corrected chi connectivity index (χ0v) is 31.4. The average molecular weight is 770 g/mol. The van der Waals surface area contributed by atoms with Crippen LogP contribution in [-0.2, 0) is 30.1 Å². The summed E-state index contributed by atoms with van der Waals surface area (Å²) in [4.78, 5) is 90.0. The van der Waals surface area contributed by atoms with E-state index in [4.69, 9.17) is 5.73 Å². The molecule has 2 aromatic rings. The summed E-state index contributed by atoms with van der Waals surface area (Å²) in [6.45, 7) is 5.01. The van der Waals surface area contributed by atoms with Crippen LogP contribution in [-0.4, -0.2) is 81.4 Å². The van der Waals surface area contributed by atoms with Gasteiger partial charge in [-0.2, -0.15) is 13.2 Å². The van der Waals surface area contributed by atoms with E-state index >= 15 is 0 Å². The molecule has 1 aliphatic heterocycles. The predicted molar refractivity (Wildman–Crippen MR) is 194 cm³/mol. The standard InChI is InChI=1S/C39H50F3N7O6/c1-38(2,3)32(48-36(54)30(24-10-5-4-6-11-24)47-35(53)29-19-44-16-17-45-29)37(55)49-20-26(23-12-14-25(15-13-23)39(40,41)42)27(21-49)34(52)46-28(31(50)33(43)51)18-22-8-7-9-22/h12-17,19,22,24,26-28,30,32H,4-11,18,20-21H2,1-3H3,(H2,43,51)(H,46,52)(H,47,53)(H,48,54)/t26?,27?,28?,30-,32+/m0/s1. The second-order valence-corrected chi connectivity index (χ2v) is 16.1. The molecule has 0 bridgehead atoms. The van der Waals surface area contributed by atoms with Crippen LogP contribution in [0.2, 0.25) is 0 Å². The molecule has 13 nitrogen and oxygen atoms in total. The number of carbonyl (C=O) groups is 6. The van der Waals surface area contributed by atoms with Crippen LogP contribution < -0.4 is 21.7 Å². The fraction of sp³-hybridized carbons (Fsp3) is 0.590. The summed E-state index contributed by atoms with van der Waals surface area (Å²) in [5, 5.41) is 8.40. The van der Waals surface area contributed by atoms with Crippen LogP contribution >= 0.6 is 0 Å². The highest BCUT2D eigenvalue weighted by Crippen LogP contribution is 2.38. The molecular weight excluding hydrogens is 719 g/mol. The Morgan fingerprint density at radius 2 is 1.55 bits per heavy atom. The molecule has 16 heteroatoms. The van der Waals surface area contributed by atoms with E-state index in [1.165, 1.54) is 35.6 Å². The SMILES string of the molecule is CC(C)(C)[C@H](NC(=O)[C@@H](NC(=O)c1cnccn1)C1CCCCC1)C(=O)N1CC(C(=O)NC(CC2CCC2)C(=O)C(N)=O)C(c2ccc(C(F)(F)F)cc2)C1. The Labute approximate surface area is 318 Å². The molecule has 0 radical (unpaired) electrons. The normalized spacial score (nSPS) is 21.1. The molecule has 2 aliphatic carbocycles. The Balaban J connectivity index is 1.41. The van der Waals surface area contributed by atoms with E-state index in [1.54, 1.807) is 20.8 Å². The number of ketones is 1. The molecule has 55 heavy (non-hydrogen) atoms. The van der Waals surface area contributed by atoms with E-state index in [1.807, 2.05) is 0 Å². The molecule has 5 N–H and O–H groups in total. The Morgan fingerprint density at radius 3 is 2.09 bits per heavy atom. The summed E-state index contributed by atoms with van der Waals surface area (Å²) >= 11 is 0. The summed E-state index contributed by atoms with van der Waals surface area (Å²) in [5.41, 5.74) is 3.96. The number of halogens is 3. The number of rotatable bonds is 13. The molecule has 5 rings (SSSR count). The number of Topliss-reactive ketones (excluding diaryl/α,β-unsaturated/α-hetero) is 1. The molecule has 1 saturated heterocycles. The van der Waals surface area contributed by atoms with E-state index in [2.05, 4.69) is 25.9 Å². The van der Waals surface area contributed by atoms with Gasteiger partial charge in [-0.15, -0.1) is 0 Å². The number of nitrogens with one attached hydrogen (secondary N) is 3. The highest BCUT2D eigenvalue weighted by molar-refractivity contribution is 6.37.